The van der Waals surface area contributed by atoms with Gasteiger partial charge in [-0.2, -0.15) is 0 Å². The molecule has 0 aliphatic heterocycles. The van der Waals surface area contributed by atoms with E-state index in [1.165, 1.54) is 11.1 Å². The molecule has 0 bridgehead atoms. The molecule has 0 heterocycles. The molecule has 0 saturated heterocycles. The molecule has 1 aliphatic carbocycles. The van der Waals surface area contributed by atoms with Crippen molar-refractivity contribution in [2.24, 2.45) is 0 Å². The highest BCUT2D eigenvalue weighted by molar-refractivity contribution is 6.30. The molecule has 0 unspecified atom stereocenters. The maximum Gasteiger partial charge on any atom is 0.341 e. The van der Waals surface area contributed by atoms with E-state index in [1.54, 1.807) is 36.4 Å². The number of hydrogen-bond acceptors (Lipinski definition) is 5. The van der Waals surface area contributed by atoms with Gasteiger partial charge in [-0.1, -0.05) is 35.9 Å². The predicted octanol–water partition coefficient (Wildman–Crippen LogP) is 4.78. The highest BCUT2D eigenvalue weighted by Gasteiger charge is 2.20. The van der Waals surface area contributed by atoms with Crippen molar-refractivity contribution < 1.29 is 24.5 Å². The van der Waals surface area contributed by atoms with Crippen LogP contribution in [0.15, 0.2) is 66.7 Å². The van der Waals surface area contributed by atoms with Gasteiger partial charge in [-0.05, 0) is 72.4 Å². The maximum absolute atomic E-state index is 10.7. The molecule has 3 aromatic carbocycles. The van der Waals surface area contributed by atoms with E-state index in [0.717, 1.165) is 24.8 Å². The zero-order chi connectivity index (χ0) is 23.2. The highest BCUT2D eigenvalue weighted by Crippen LogP contribution is 2.30. The average Bonchev–Trinajstić information content (AvgIpc) is 2.81. The number of rotatable bonds is 9. The van der Waals surface area contributed by atoms with Crippen molar-refractivity contribution in [1.82, 2.24) is 5.32 Å². The standard InChI is InChI=1S/C26H26ClNO5/c27-20-4-1-3-18(11-20)25(29)15-28-21-9-7-17-8-10-24(13-19(17)12-21)33-23-6-2-5-22(14-23)32-16-26(30)31/h1-6,8,10-11,13-14,21,25,28-29H,7,9,12,15-16H2,(H,30,31)/t21-,25-/m0/s1. The van der Waals surface area contributed by atoms with Gasteiger partial charge in [-0.3, -0.25) is 0 Å². The fraction of sp³-hybridized carbons (Fsp3) is 0.269. The lowest BCUT2D eigenvalue weighted by Gasteiger charge is -2.27. The number of carboxylic acid groups (broad SMARTS) is 1. The number of hydrogen-bond donors (Lipinski definition) is 3. The molecule has 0 aromatic heterocycles. The number of aliphatic hydroxyl groups is 1. The Morgan fingerprint density at radius 2 is 1.82 bits per heavy atom. The fourth-order valence-electron chi connectivity index (χ4n) is 3.99. The van der Waals surface area contributed by atoms with Crippen molar-refractivity contribution in [1.29, 1.82) is 0 Å². The lowest BCUT2D eigenvalue weighted by Crippen LogP contribution is -2.37. The summed E-state index contributed by atoms with van der Waals surface area (Å²) in [6.45, 7) is 0.0579. The summed E-state index contributed by atoms with van der Waals surface area (Å²) < 4.78 is 11.2. The molecule has 0 radical (unpaired) electrons. The molecular formula is C26H26ClNO5. The van der Waals surface area contributed by atoms with Crippen LogP contribution in [0.5, 0.6) is 17.2 Å². The summed E-state index contributed by atoms with van der Waals surface area (Å²) in [6.07, 6.45) is 2.18. The van der Waals surface area contributed by atoms with E-state index < -0.39 is 18.7 Å². The molecular weight excluding hydrogens is 442 g/mol. The number of halogens is 1. The number of aliphatic carboxylic acids is 1. The highest BCUT2D eigenvalue weighted by atomic mass is 35.5. The number of aliphatic hydroxyl groups excluding tert-OH is 1. The topological polar surface area (TPSA) is 88.0 Å². The number of aryl methyl sites for hydroxylation is 1. The van der Waals surface area contributed by atoms with Crippen molar-refractivity contribution in [3.05, 3.63) is 88.4 Å². The first-order chi connectivity index (χ1) is 16.0. The van der Waals surface area contributed by atoms with Gasteiger partial charge in [0.05, 0.1) is 6.10 Å². The SMILES string of the molecule is O=C(O)COc1cccc(Oc2ccc3c(c2)C[C@@H](NC[C@H](O)c2cccc(Cl)c2)CC3)c1. The van der Waals surface area contributed by atoms with Crippen LogP contribution < -0.4 is 14.8 Å². The lowest BCUT2D eigenvalue weighted by molar-refractivity contribution is -0.139. The molecule has 0 saturated carbocycles. The Bertz CT molecular complexity index is 1120. The quantitative estimate of drug-likeness (QED) is 0.420. The minimum atomic E-state index is -1.03. The Hall–Kier alpha value is -3.06. The van der Waals surface area contributed by atoms with Crippen molar-refractivity contribution in [3.63, 3.8) is 0 Å². The molecule has 33 heavy (non-hydrogen) atoms. The number of fused-ring (bicyclic) bond motifs is 1. The average molecular weight is 468 g/mol. The van der Waals surface area contributed by atoms with Crippen LogP contribution in [0.25, 0.3) is 0 Å². The van der Waals surface area contributed by atoms with Gasteiger partial charge in [0.15, 0.2) is 6.61 Å². The third-order valence-electron chi connectivity index (χ3n) is 5.64. The van der Waals surface area contributed by atoms with Crippen LogP contribution >= 0.6 is 11.6 Å². The second-order valence-electron chi connectivity index (χ2n) is 8.11. The first-order valence-corrected chi connectivity index (χ1v) is 11.3. The van der Waals surface area contributed by atoms with Crippen LogP contribution in [0.4, 0.5) is 0 Å². The predicted molar refractivity (Wildman–Crippen MR) is 126 cm³/mol. The maximum atomic E-state index is 10.7. The first-order valence-electron chi connectivity index (χ1n) is 10.9. The van der Waals surface area contributed by atoms with Crippen molar-refractivity contribution in [2.75, 3.05) is 13.2 Å². The molecule has 0 amide bonds. The van der Waals surface area contributed by atoms with Crippen molar-refractivity contribution >= 4 is 17.6 Å². The monoisotopic (exact) mass is 467 g/mol. The summed E-state index contributed by atoms with van der Waals surface area (Å²) in [4.78, 5) is 10.7. The van der Waals surface area contributed by atoms with Gasteiger partial charge in [0.1, 0.15) is 17.2 Å². The number of carboxylic acids is 1. The molecule has 0 fully saturated rings. The summed E-state index contributed by atoms with van der Waals surface area (Å²) in [7, 11) is 0. The molecule has 2 atom stereocenters. The van der Waals surface area contributed by atoms with E-state index in [2.05, 4.69) is 11.4 Å². The summed E-state index contributed by atoms with van der Waals surface area (Å²) in [6, 6.07) is 20.6. The van der Waals surface area contributed by atoms with Crippen molar-refractivity contribution in [2.45, 2.75) is 31.4 Å². The molecule has 4 rings (SSSR count). The molecule has 1 aliphatic rings. The molecule has 3 N–H and O–H groups in total. The number of benzene rings is 3. The smallest absolute Gasteiger partial charge is 0.341 e. The molecule has 6 nitrogen and oxygen atoms in total. The summed E-state index contributed by atoms with van der Waals surface area (Å²) >= 11 is 6.03. The third-order valence-corrected chi connectivity index (χ3v) is 5.88. The Morgan fingerprint density at radius 3 is 2.64 bits per heavy atom. The second kappa shape index (κ2) is 10.7. The van der Waals surface area contributed by atoms with Gasteiger partial charge in [0.25, 0.3) is 0 Å². The van der Waals surface area contributed by atoms with Gasteiger partial charge >= 0.3 is 5.97 Å². The van der Waals surface area contributed by atoms with E-state index in [9.17, 15) is 9.90 Å². The molecule has 7 heteroatoms. The van der Waals surface area contributed by atoms with Gasteiger partial charge in [0.2, 0.25) is 0 Å². The van der Waals surface area contributed by atoms with Crippen LogP contribution in [0.1, 0.15) is 29.2 Å². The van der Waals surface area contributed by atoms with Crippen LogP contribution in [0, 0.1) is 0 Å². The molecule has 3 aromatic rings. The Morgan fingerprint density at radius 1 is 1.03 bits per heavy atom. The summed E-state index contributed by atoms with van der Waals surface area (Å²) in [5.41, 5.74) is 3.32. The van der Waals surface area contributed by atoms with Crippen LogP contribution in [-0.2, 0) is 17.6 Å². The molecule has 0 spiro atoms. The van der Waals surface area contributed by atoms with Crippen LogP contribution in [-0.4, -0.2) is 35.4 Å². The lowest BCUT2D eigenvalue weighted by atomic mass is 9.88. The number of carbonyl (C=O) groups is 1. The van der Waals surface area contributed by atoms with Gasteiger partial charge in [0, 0.05) is 23.7 Å². The summed E-state index contributed by atoms with van der Waals surface area (Å²) in [5, 5.41) is 23.4. The van der Waals surface area contributed by atoms with Crippen molar-refractivity contribution in [3.8, 4) is 17.2 Å². The number of nitrogens with one attached hydrogen (secondary N) is 1. The first kappa shape index (κ1) is 23.1. The van der Waals surface area contributed by atoms with E-state index >= 15 is 0 Å². The number of ether oxygens (including phenoxy) is 2. The van der Waals surface area contributed by atoms with E-state index in [-0.39, 0.29) is 6.04 Å². The zero-order valence-corrected chi connectivity index (χ0v) is 18.8. The van der Waals surface area contributed by atoms with Gasteiger partial charge in [-0.25, -0.2) is 4.79 Å². The Labute approximate surface area is 197 Å². The fourth-order valence-corrected chi connectivity index (χ4v) is 4.19. The van der Waals surface area contributed by atoms with E-state index in [1.807, 2.05) is 24.3 Å². The van der Waals surface area contributed by atoms with Crippen LogP contribution in [0.2, 0.25) is 5.02 Å². The second-order valence-corrected chi connectivity index (χ2v) is 8.55. The van der Waals surface area contributed by atoms with E-state index in [4.69, 9.17) is 26.2 Å². The van der Waals surface area contributed by atoms with Crippen LogP contribution in [0.3, 0.4) is 0 Å². The minimum absolute atomic E-state index is 0.259. The van der Waals surface area contributed by atoms with Gasteiger partial charge in [-0.15, -0.1) is 0 Å². The van der Waals surface area contributed by atoms with Gasteiger partial charge < -0.3 is 25.0 Å². The molecule has 172 valence electrons. The zero-order valence-electron chi connectivity index (χ0n) is 18.0. The normalized spacial score (nSPS) is 16.0. The third kappa shape index (κ3) is 6.48. The Balaban J connectivity index is 1.36. The Kier molecular flexibility index (Phi) is 7.50. The minimum Gasteiger partial charge on any atom is -0.482 e. The van der Waals surface area contributed by atoms with E-state index in [0.29, 0.717) is 28.8 Å². The largest absolute Gasteiger partial charge is 0.482 e. The summed E-state index contributed by atoms with van der Waals surface area (Å²) in [5.74, 6) is 0.700.